The average Bonchev–Trinajstić information content (AvgIpc) is 3.18. The lowest BCUT2D eigenvalue weighted by atomic mass is 10.0. The number of nitrogens with one attached hydrogen (secondary N) is 2. The summed E-state index contributed by atoms with van der Waals surface area (Å²) in [7, 11) is 0. The summed E-state index contributed by atoms with van der Waals surface area (Å²) in [5.74, 6) is 1.63. The van der Waals surface area contributed by atoms with Crippen molar-refractivity contribution < 1.29 is 4.74 Å². The molecule has 2 fully saturated rings. The average molecular weight is 335 g/mol. The second-order valence-electron chi connectivity index (χ2n) is 6.81. The number of ether oxygens (including phenoxy) is 1. The molecule has 0 bridgehead atoms. The Morgan fingerprint density at radius 3 is 3.13 bits per heavy atom. The highest BCUT2D eigenvalue weighted by Crippen LogP contribution is 2.26. The van der Waals surface area contributed by atoms with E-state index in [2.05, 4.69) is 35.1 Å². The summed E-state index contributed by atoms with van der Waals surface area (Å²) in [5.41, 5.74) is 2.11. The fourth-order valence-electron chi connectivity index (χ4n) is 3.87. The van der Waals surface area contributed by atoms with Gasteiger partial charge in [0.05, 0.1) is 30.3 Å². The molecule has 0 saturated carbocycles. The number of nitrogens with zero attached hydrogens (tertiary/aromatic N) is 2. The van der Waals surface area contributed by atoms with E-state index in [9.17, 15) is 0 Å². The lowest BCUT2D eigenvalue weighted by Gasteiger charge is -2.19. The number of rotatable bonds is 4. The van der Waals surface area contributed by atoms with Gasteiger partial charge in [-0.3, -0.25) is 0 Å². The van der Waals surface area contributed by atoms with Gasteiger partial charge in [-0.15, -0.1) is 0 Å². The number of benzene rings is 1. The predicted molar refractivity (Wildman–Crippen MR) is 91.9 cm³/mol. The van der Waals surface area contributed by atoms with Crippen molar-refractivity contribution in [1.82, 2.24) is 20.2 Å². The molecule has 1 aromatic carbocycles. The van der Waals surface area contributed by atoms with Crippen LogP contribution >= 0.6 is 11.6 Å². The molecule has 0 unspecified atom stereocenters. The first-order valence-corrected chi connectivity index (χ1v) is 8.73. The first kappa shape index (κ1) is 15.4. The van der Waals surface area contributed by atoms with Crippen molar-refractivity contribution in [3.05, 3.63) is 29.0 Å². The summed E-state index contributed by atoms with van der Waals surface area (Å²) in [5, 5.41) is 7.80. The Bertz CT molecular complexity index is 714. The van der Waals surface area contributed by atoms with Crippen molar-refractivity contribution in [1.29, 1.82) is 0 Å². The molecule has 6 heteroatoms. The fourth-order valence-corrected chi connectivity index (χ4v) is 4.03. The summed E-state index contributed by atoms with van der Waals surface area (Å²) in [6.45, 7) is 7.94. The maximum absolute atomic E-state index is 6.11. The van der Waals surface area contributed by atoms with Gasteiger partial charge in [0.15, 0.2) is 0 Å². The maximum atomic E-state index is 6.11. The topological polar surface area (TPSA) is 51.1 Å². The Morgan fingerprint density at radius 2 is 2.30 bits per heavy atom. The van der Waals surface area contributed by atoms with Crippen LogP contribution < -0.4 is 10.6 Å². The minimum atomic E-state index is 0.360. The summed E-state index contributed by atoms with van der Waals surface area (Å²) in [6, 6.07) is 6.69. The van der Waals surface area contributed by atoms with Crippen LogP contribution in [0.5, 0.6) is 0 Å². The number of halogens is 1. The van der Waals surface area contributed by atoms with E-state index in [4.69, 9.17) is 21.3 Å². The molecule has 2 aliphatic rings. The predicted octanol–water partition coefficient (Wildman–Crippen LogP) is 2.35. The molecule has 124 valence electrons. The van der Waals surface area contributed by atoms with E-state index in [0.717, 1.165) is 48.1 Å². The summed E-state index contributed by atoms with van der Waals surface area (Å²) >= 11 is 6.11. The molecule has 2 aromatic rings. The summed E-state index contributed by atoms with van der Waals surface area (Å²) in [4.78, 5) is 4.80. The van der Waals surface area contributed by atoms with Gasteiger partial charge in [-0.1, -0.05) is 11.6 Å². The zero-order valence-corrected chi connectivity index (χ0v) is 14.3. The highest BCUT2D eigenvalue weighted by molar-refractivity contribution is 6.31. The Balaban J connectivity index is 1.57. The molecular weight excluding hydrogens is 312 g/mol. The zero-order valence-electron chi connectivity index (χ0n) is 13.6. The maximum Gasteiger partial charge on any atom is 0.124 e. The SMILES string of the molecule is CC(C)n1c(CN[C@@H]2CO[C@@H]3CNC[C@H]23)nc2cc(Cl)ccc21. The van der Waals surface area contributed by atoms with Gasteiger partial charge in [-0.25, -0.2) is 4.98 Å². The van der Waals surface area contributed by atoms with Crippen molar-refractivity contribution in [3.63, 3.8) is 0 Å². The second-order valence-corrected chi connectivity index (χ2v) is 7.24. The van der Waals surface area contributed by atoms with Crippen LogP contribution in [-0.4, -0.2) is 41.4 Å². The van der Waals surface area contributed by atoms with Crippen LogP contribution in [0.25, 0.3) is 11.0 Å². The highest BCUT2D eigenvalue weighted by Gasteiger charge is 2.40. The molecule has 5 nitrogen and oxygen atoms in total. The van der Waals surface area contributed by atoms with E-state index < -0.39 is 0 Å². The van der Waals surface area contributed by atoms with E-state index in [1.807, 2.05) is 12.1 Å². The molecule has 0 aliphatic carbocycles. The molecule has 2 aliphatic heterocycles. The van der Waals surface area contributed by atoms with Crippen LogP contribution in [-0.2, 0) is 11.3 Å². The van der Waals surface area contributed by atoms with Gasteiger partial charge in [0.1, 0.15) is 5.82 Å². The number of hydrogen-bond donors (Lipinski definition) is 2. The zero-order chi connectivity index (χ0) is 16.0. The van der Waals surface area contributed by atoms with Crippen LogP contribution in [0.15, 0.2) is 18.2 Å². The minimum absolute atomic E-state index is 0.360. The Hall–Kier alpha value is -1.14. The van der Waals surface area contributed by atoms with Crippen molar-refractivity contribution in [3.8, 4) is 0 Å². The molecule has 23 heavy (non-hydrogen) atoms. The minimum Gasteiger partial charge on any atom is -0.375 e. The van der Waals surface area contributed by atoms with Crippen molar-refractivity contribution in [2.45, 2.75) is 38.6 Å². The summed E-state index contributed by atoms with van der Waals surface area (Å²) in [6.07, 6.45) is 0.371. The number of hydrogen-bond acceptors (Lipinski definition) is 4. The van der Waals surface area contributed by atoms with E-state index in [1.54, 1.807) is 0 Å². The molecule has 0 spiro atoms. The monoisotopic (exact) mass is 334 g/mol. The van der Waals surface area contributed by atoms with Gasteiger partial charge in [0.25, 0.3) is 0 Å². The Morgan fingerprint density at radius 1 is 1.43 bits per heavy atom. The normalized spacial score (nSPS) is 27.2. The van der Waals surface area contributed by atoms with Gasteiger partial charge >= 0.3 is 0 Å². The van der Waals surface area contributed by atoms with Crippen LogP contribution in [0.3, 0.4) is 0 Å². The molecule has 0 amide bonds. The highest BCUT2D eigenvalue weighted by atomic mass is 35.5. The first-order valence-electron chi connectivity index (χ1n) is 8.35. The Labute approximate surface area is 141 Å². The van der Waals surface area contributed by atoms with E-state index in [1.165, 1.54) is 0 Å². The summed E-state index contributed by atoms with van der Waals surface area (Å²) < 4.78 is 8.15. The molecule has 2 N–H and O–H groups in total. The standard InChI is InChI=1S/C17H23ClN4O/c1-10(2)22-15-4-3-11(18)5-13(15)21-17(22)8-20-14-9-23-16-7-19-6-12(14)16/h3-5,10,12,14,16,19-20H,6-9H2,1-2H3/t12-,14-,16-/m1/s1. The number of aromatic nitrogens is 2. The van der Waals surface area contributed by atoms with Crippen LogP contribution in [0.2, 0.25) is 5.02 Å². The van der Waals surface area contributed by atoms with Crippen LogP contribution in [0.4, 0.5) is 0 Å². The van der Waals surface area contributed by atoms with Gasteiger partial charge < -0.3 is 19.9 Å². The van der Waals surface area contributed by atoms with Gasteiger partial charge in [-0.05, 0) is 32.0 Å². The molecule has 2 saturated heterocycles. The number of imidazole rings is 1. The van der Waals surface area contributed by atoms with Gasteiger partial charge in [-0.2, -0.15) is 0 Å². The third-order valence-corrected chi connectivity index (χ3v) is 5.21. The molecule has 0 radical (unpaired) electrons. The molecular formula is C17H23ClN4O. The van der Waals surface area contributed by atoms with E-state index in [-0.39, 0.29) is 0 Å². The van der Waals surface area contributed by atoms with E-state index in [0.29, 0.717) is 24.1 Å². The smallest absolute Gasteiger partial charge is 0.124 e. The number of fused-ring (bicyclic) bond motifs is 2. The molecule has 1 aromatic heterocycles. The third-order valence-electron chi connectivity index (χ3n) is 4.97. The van der Waals surface area contributed by atoms with Crippen molar-refractivity contribution in [2.24, 2.45) is 5.92 Å². The molecule has 3 heterocycles. The third kappa shape index (κ3) is 2.76. The van der Waals surface area contributed by atoms with Crippen molar-refractivity contribution in [2.75, 3.05) is 19.7 Å². The first-order chi connectivity index (χ1) is 11.1. The van der Waals surface area contributed by atoms with Gasteiger partial charge in [0, 0.05) is 36.1 Å². The fraction of sp³-hybridized carbons (Fsp3) is 0.588. The second kappa shape index (κ2) is 6.06. The Kier molecular flexibility index (Phi) is 4.05. The van der Waals surface area contributed by atoms with Crippen LogP contribution in [0.1, 0.15) is 25.7 Å². The van der Waals surface area contributed by atoms with E-state index >= 15 is 0 Å². The largest absolute Gasteiger partial charge is 0.375 e. The quantitative estimate of drug-likeness (QED) is 0.901. The lowest BCUT2D eigenvalue weighted by Crippen LogP contribution is -2.38. The molecule has 4 rings (SSSR count). The van der Waals surface area contributed by atoms with Crippen molar-refractivity contribution >= 4 is 22.6 Å². The lowest BCUT2D eigenvalue weighted by molar-refractivity contribution is 0.110. The molecule has 3 atom stereocenters. The van der Waals surface area contributed by atoms with Gasteiger partial charge in [0.2, 0.25) is 0 Å². The van der Waals surface area contributed by atoms with Crippen LogP contribution in [0, 0.1) is 5.92 Å².